The van der Waals surface area contributed by atoms with Gasteiger partial charge in [-0.05, 0) is 17.5 Å². The van der Waals surface area contributed by atoms with Crippen LogP contribution in [0.15, 0.2) is 24.3 Å². The highest BCUT2D eigenvalue weighted by Gasteiger charge is 2.27. The van der Waals surface area contributed by atoms with Crippen molar-refractivity contribution in [2.24, 2.45) is 0 Å². The first-order valence-electron chi connectivity index (χ1n) is 7.89. The standard InChI is InChI=1S/C16H22F3N3O2/c17-16(18,19)12-24-10-7-21-15(23)20-6-9-22-8-5-13-3-1-2-4-14(13)11-22/h1-4H,5-12H2,(H2,20,21,23). The van der Waals surface area contributed by atoms with E-state index in [2.05, 4.69) is 32.4 Å². The van der Waals surface area contributed by atoms with E-state index >= 15 is 0 Å². The van der Waals surface area contributed by atoms with E-state index in [1.54, 1.807) is 0 Å². The zero-order valence-electron chi connectivity index (χ0n) is 13.4. The minimum absolute atomic E-state index is 0.0407. The topological polar surface area (TPSA) is 53.6 Å². The molecule has 1 aliphatic rings. The number of amides is 2. The smallest absolute Gasteiger partial charge is 0.370 e. The van der Waals surface area contributed by atoms with Gasteiger partial charge < -0.3 is 15.4 Å². The lowest BCUT2D eigenvalue weighted by molar-refractivity contribution is -0.173. The minimum atomic E-state index is -4.34. The van der Waals surface area contributed by atoms with E-state index in [1.165, 1.54) is 11.1 Å². The van der Waals surface area contributed by atoms with Gasteiger partial charge in [-0.2, -0.15) is 13.2 Å². The van der Waals surface area contributed by atoms with E-state index in [0.29, 0.717) is 6.54 Å². The first kappa shape index (κ1) is 18.5. The van der Waals surface area contributed by atoms with Gasteiger partial charge in [0.15, 0.2) is 0 Å². The molecule has 0 saturated heterocycles. The summed E-state index contributed by atoms with van der Waals surface area (Å²) >= 11 is 0. The highest BCUT2D eigenvalue weighted by molar-refractivity contribution is 5.73. The second-order valence-corrected chi connectivity index (χ2v) is 5.65. The monoisotopic (exact) mass is 345 g/mol. The van der Waals surface area contributed by atoms with Gasteiger partial charge in [0.05, 0.1) is 6.61 Å². The predicted octanol–water partition coefficient (Wildman–Crippen LogP) is 1.92. The van der Waals surface area contributed by atoms with Crippen LogP contribution in [-0.4, -0.2) is 56.5 Å². The molecule has 1 aromatic rings. The molecule has 1 heterocycles. The number of hydrogen-bond acceptors (Lipinski definition) is 3. The SMILES string of the molecule is O=C(NCCOCC(F)(F)F)NCCN1CCc2ccccc2C1. The Bertz CT molecular complexity index is 538. The van der Waals surface area contributed by atoms with Crippen LogP contribution in [0.4, 0.5) is 18.0 Å². The summed E-state index contributed by atoms with van der Waals surface area (Å²) in [5.41, 5.74) is 2.69. The molecule has 1 aliphatic heterocycles. The maximum atomic E-state index is 11.8. The Morgan fingerprint density at radius 3 is 2.62 bits per heavy atom. The summed E-state index contributed by atoms with van der Waals surface area (Å²) < 4.78 is 40.0. The molecule has 0 unspecified atom stereocenters. The number of benzene rings is 1. The van der Waals surface area contributed by atoms with Crippen molar-refractivity contribution in [2.45, 2.75) is 19.1 Å². The van der Waals surface area contributed by atoms with Crippen molar-refractivity contribution in [2.75, 3.05) is 39.4 Å². The summed E-state index contributed by atoms with van der Waals surface area (Å²) in [6.07, 6.45) is -3.34. The van der Waals surface area contributed by atoms with Crippen molar-refractivity contribution in [3.05, 3.63) is 35.4 Å². The molecule has 0 aliphatic carbocycles. The normalized spacial score (nSPS) is 15.0. The second-order valence-electron chi connectivity index (χ2n) is 5.65. The fraction of sp³-hybridized carbons (Fsp3) is 0.562. The number of alkyl halides is 3. The van der Waals surface area contributed by atoms with Gasteiger partial charge in [-0.1, -0.05) is 24.3 Å². The van der Waals surface area contributed by atoms with Gasteiger partial charge in [0.2, 0.25) is 0 Å². The molecule has 24 heavy (non-hydrogen) atoms. The fourth-order valence-electron chi connectivity index (χ4n) is 2.56. The maximum absolute atomic E-state index is 11.8. The number of hydrogen-bond donors (Lipinski definition) is 2. The molecule has 1 aromatic carbocycles. The first-order chi connectivity index (χ1) is 11.4. The van der Waals surface area contributed by atoms with E-state index in [9.17, 15) is 18.0 Å². The van der Waals surface area contributed by atoms with E-state index < -0.39 is 18.8 Å². The fourth-order valence-corrected chi connectivity index (χ4v) is 2.56. The molecule has 0 aromatic heterocycles. The van der Waals surface area contributed by atoms with Gasteiger partial charge in [-0.15, -0.1) is 0 Å². The Labute approximate surface area is 139 Å². The molecule has 134 valence electrons. The van der Waals surface area contributed by atoms with Crippen molar-refractivity contribution >= 4 is 6.03 Å². The Morgan fingerprint density at radius 1 is 1.17 bits per heavy atom. The van der Waals surface area contributed by atoms with E-state index in [1.807, 2.05) is 12.1 Å². The molecule has 0 fully saturated rings. The lowest BCUT2D eigenvalue weighted by atomic mass is 10.00. The number of nitrogens with zero attached hydrogens (tertiary/aromatic N) is 1. The van der Waals surface area contributed by atoms with Gasteiger partial charge in [0.1, 0.15) is 6.61 Å². The van der Waals surface area contributed by atoms with Gasteiger partial charge >= 0.3 is 12.2 Å². The highest BCUT2D eigenvalue weighted by Crippen LogP contribution is 2.17. The van der Waals surface area contributed by atoms with E-state index in [4.69, 9.17) is 0 Å². The molecule has 5 nitrogen and oxygen atoms in total. The summed E-state index contributed by atoms with van der Waals surface area (Å²) in [4.78, 5) is 13.8. The van der Waals surface area contributed by atoms with Crippen LogP contribution in [-0.2, 0) is 17.7 Å². The van der Waals surface area contributed by atoms with Crippen LogP contribution < -0.4 is 10.6 Å². The predicted molar refractivity (Wildman–Crippen MR) is 83.7 cm³/mol. The lowest BCUT2D eigenvalue weighted by Gasteiger charge is -2.28. The van der Waals surface area contributed by atoms with Crippen molar-refractivity contribution in [3.63, 3.8) is 0 Å². The van der Waals surface area contributed by atoms with Crippen LogP contribution in [0.1, 0.15) is 11.1 Å². The number of carbonyl (C=O) groups excluding carboxylic acids is 1. The summed E-state index contributed by atoms with van der Waals surface area (Å²) in [6.45, 7) is 1.60. The van der Waals surface area contributed by atoms with Crippen LogP contribution >= 0.6 is 0 Å². The molecule has 0 spiro atoms. The Balaban J connectivity index is 1.54. The molecule has 0 atom stereocenters. The van der Waals surface area contributed by atoms with Crippen molar-refractivity contribution < 1.29 is 22.7 Å². The number of rotatable bonds is 7. The molecular weight excluding hydrogens is 323 g/mol. The van der Waals surface area contributed by atoms with Crippen molar-refractivity contribution in [1.82, 2.24) is 15.5 Å². The molecule has 2 N–H and O–H groups in total. The van der Waals surface area contributed by atoms with Crippen LogP contribution in [0.25, 0.3) is 0 Å². The van der Waals surface area contributed by atoms with Gasteiger partial charge in [0, 0.05) is 32.7 Å². The Hall–Kier alpha value is -1.80. The third kappa shape index (κ3) is 6.76. The van der Waals surface area contributed by atoms with Gasteiger partial charge in [-0.25, -0.2) is 4.79 Å². The summed E-state index contributed by atoms with van der Waals surface area (Å²) in [7, 11) is 0. The van der Waals surface area contributed by atoms with Gasteiger partial charge in [0.25, 0.3) is 0 Å². The quantitative estimate of drug-likeness (QED) is 0.743. The maximum Gasteiger partial charge on any atom is 0.411 e. The number of fused-ring (bicyclic) bond motifs is 1. The van der Waals surface area contributed by atoms with Crippen LogP contribution in [0.3, 0.4) is 0 Å². The van der Waals surface area contributed by atoms with Crippen molar-refractivity contribution in [3.8, 4) is 0 Å². The molecule has 0 bridgehead atoms. The lowest BCUT2D eigenvalue weighted by Crippen LogP contribution is -2.42. The summed E-state index contributed by atoms with van der Waals surface area (Å²) in [5, 5.41) is 5.15. The Morgan fingerprint density at radius 2 is 1.88 bits per heavy atom. The largest absolute Gasteiger partial charge is 0.411 e. The average molecular weight is 345 g/mol. The number of carbonyl (C=O) groups is 1. The molecule has 2 amide bonds. The molecular formula is C16H22F3N3O2. The van der Waals surface area contributed by atoms with Crippen LogP contribution in [0.2, 0.25) is 0 Å². The second kappa shape index (κ2) is 8.89. The summed E-state index contributed by atoms with van der Waals surface area (Å²) in [5.74, 6) is 0. The van der Waals surface area contributed by atoms with Crippen LogP contribution in [0.5, 0.6) is 0 Å². The zero-order chi connectivity index (χ0) is 17.4. The third-order valence-electron chi connectivity index (χ3n) is 3.72. The summed E-state index contributed by atoms with van der Waals surface area (Å²) in [6, 6.07) is 7.92. The van der Waals surface area contributed by atoms with Crippen molar-refractivity contribution in [1.29, 1.82) is 0 Å². The highest BCUT2D eigenvalue weighted by atomic mass is 19.4. The van der Waals surface area contributed by atoms with Crippen LogP contribution in [0, 0.1) is 0 Å². The molecule has 2 rings (SSSR count). The van der Waals surface area contributed by atoms with E-state index in [0.717, 1.165) is 26.1 Å². The first-order valence-corrected chi connectivity index (χ1v) is 7.89. The minimum Gasteiger partial charge on any atom is -0.370 e. The Kier molecular flexibility index (Phi) is 6.86. The van der Waals surface area contributed by atoms with Gasteiger partial charge in [-0.3, -0.25) is 4.90 Å². The van der Waals surface area contributed by atoms with E-state index in [-0.39, 0.29) is 13.2 Å². The molecule has 0 saturated carbocycles. The number of ether oxygens (including phenoxy) is 1. The number of halogens is 3. The third-order valence-corrected chi connectivity index (χ3v) is 3.72. The molecule has 0 radical (unpaired) electrons. The number of nitrogens with one attached hydrogen (secondary N) is 2. The molecule has 8 heteroatoms. The zero-order valence-corrected chi connectivity index (χ0v) is 13.4. The number of urea groups is 1. The average Bonchev–Trinajstić information content (AvgIpc) is 2.53.